The van der Waals surface area contributed by atoms with Gasteiger partial charge in [-0.25, -0.2) is 0 Å². The first-order chi connectivity index (χ1) is 7.26. The zero-order valence-corrected chi connectivity index (χ0v) is 9.11. The Hall–Kier alpha value is -1.12. The van der Waals surface area contributed by atoms with Gasteiger partial charge in [-0.05, 0) is 30.9 Å². The van der Waals surface area contributed by atoms with Crippen molar-refractivity contribution in [3.05, 3.63) is 47.1 Å². The van der Waals surface area contributed by atoms with Gasteiger partial charge in [-0.3, -0.25) is 0 Å². The second-order valence-electron chi connectivity index (χ2n) is 3.71. The molecule has 15 heavy (non-hydrogen) atoms. The van der Waals surface area contributed by atoms with Crippen LogP contribution in [0.2, 0.25) is 0 Å². The Kier molecular flexibility index (Phi) is 5.08. The van der Waals surface area contributed by atoms with Gasteiger partial charge in [0.25, 0.3) is 0 Å². The number of hydrogen-bond donors (Lipinski definition) is 2. The fourth-order valence-corrected chi connectivity index (χ4v) is 1.45. The molecule has 0 spiro atoms. The van der Waals surface area contributed by atoms with Crippen LogP contribution in [0, 0.1) is 0 Å². The molecule has 0 heterocycles. The van der Waals surface area contributed by atoms with E-state index in [4.69, 9.17) is 10.2 Å². The highest BCUT2D eigenvalue weighted by Gasteiger charge is 1.96. The summed E-state index contributed by atoms with van der Waals surface area (Å²) in [5.74, 6) is 0. The van der Waals surface area contributed by atoms with Crippen LogP contribution in [-0.4, -0.2) is 23.4 Å². The van der Waals surface area contributed by atoms with Gasteiger partial charge in [-0.2, -0.15) is 0 Å². The molecule has 2 nitrogen and oxygen atoms in total. The number of aliphatic hydroxyl groups is 2. The van der Waals surface area contributed by atoms with Crippen molar-refractivity contribution in [2.45, 2.75) is 19.8 Å². The molecule has 0 saturated heterocycles. The van der Waals surface area contributed by atoms with E-state index in [2.05, 4.69) is 0 Å². The van der Waals surface area contributed by atoms with Gasteiger partial charge in [0, 0.05) is 0 Å². The Morgan fingerprint density at radius 1 is 1.20 bits per heavy atom. The fourth-order valence-electron chi connectivity index (χ4n) is 1.45. The molecule has 0 aromatic carbocycles. The summed E-state index contributed by atoms with van der Waals surface area (Å²) < 4.78 is 0. The first kappa shape index (κ1) is 12.0. The van der Waals surface area contributed by atoms with E-state index in [1.165, 1.54) is 0 Å². The monoisotopic (exact) mass is 206 g/mol. The van der Waals surface area contributed by atoms with Crippen LogP contribution in [0.15, 0.2) is 47.1 Å². The lowest BCUT2D eigenvalue weighted by Gasteiger charge is -2.03. The predicted octanol–water partition coefficient (Wildman–Crippen LogP) is 2.12. The van der Waals surface area contributed by atoms with E-state index >= 15 is 0 Å². The lowest BCUT2D eigenvalue weighted by molar-refractivity contribution is 0.326. The molecule has 1 rings (SSSR count). The molecule has 0 fully saturated rings. The summed E-state index contributed by atoms with van der Waals surface area (Å²) >= 11 is 0. The highest BCUT2D eigenvalue weighted by molar-refractivity contribution is 5.33. The summed E-state index contributed by atoms with van der Waals surface area (Å²) in [6.07, 6.45) is 11.6. The van der Waals surface area contributed by atoms with Gasteiger partial charge in [0.2, 0.25) is 0 Å². The van der Waals surface area contributed by atoms with Gasteiger partial charge in [0.05, 0.1) is 13.2 Å². The Balaban J connectivity index is 2.92. The van der Waals surface area contributed by atoms with Crippen LogP contribution in [0.4, 0.5) is 0 Å². The Labute approximate surface area is 90.9 Å². The molecule has 0 aromatic rings. The fraction of sp³-hybridized carbons (Fsp3) is 0.385. The number of aliphatic hydroxyl groups excluding tert-OH is 2. The molecule has 0 aromatic heterocycles. The van der Waals surface area contributed by atoms with E-state index in [1.807, 2.05) is 37.3 Å². The third-order valence-electron chi connectivity index (χ3n) is 2.34. The van der Waals surface area contributed by atoms with E-state index in [1.54, 1.807) is 0 Å². The molecule has 2 N–H and O–H groups in total. The predicted molar refractivity (Wildman–Crippen MR) is 62.5 cm³/mol. The smallest absolute Gasteiger partial charge is 0.0681 e. The topological polar surface area (TPSA) is 40.5 Å². The first-order valence-electron chi connectivity index (χ1n) is 5.21. The summed E-state index contributed by atoms with van der Waals surface area (Å²) in [5.41, 5.74) is 3.04. The molecule has 0 aliphatic heterocycles. The maximum atomic E-state index is 9.08. The minimum absolute atomic E-state index is 0.0677. The van der Waals surface area contributed by atoms with Crippen LogP contribution in [0.25, 0.3) is 0 Å². The molecule has 0 amide bonds. The number of hydrogen-bond acceptors (Lipinski definition) is 2. The molecule has 82 valence electrons. The average molecular weight is 206 g/mol. The van der Waals surface area contributed by atoms with Crippen LogP contribution >= 0.6 is 0 Å². The van der Waals surface area contributed by atoms with Crippen LogP contribution in [-0.2, 0) is 0 Å². The van der Waals surface area contributed by atoms with Gasteiger partial charge in [-0.1, -0.05) is 36.0 Å². The summed E-state index contributed by atoms with van der Waals surface area (Å²) in [7, 11) is 0. The standard InChI is InChI=1S/C13H18O2/c1-11-6-7-12(9-14)4-2-3-5-13(8-11)10-15/h3,5-8,14-15H,2,4,9-10H2,1H3/b5-3+,11-6?,12-7+,13-8?. The number of allylic oxidation sites excluding steroid dienone is 5. The van der Waals surface area contributed by atoms with Crippen molar-refractivity contribution in [1.82, 2.24) is 0 Å². The summed E-state index contributed by atoms with van der Waals surface area (Å²) in [5, 5.41) is 18.2. The van der Waals surface area contributed by atoms with E-state index in [0.717, 1.165) is 29.6 Å². The summed E-state index contributed by atoms with van der Waals surface area (Å²) in [6.45, 7) is 2.17. The second-order valence-corrected chi connectivity index (χ2v) is 3.71. The van der Waals surface area contributed by atoms with Gasteiger partial charge in [-0.15, -0.1) is 0 Å². The minimum atomic E-state index is 0.0677. The van der Waals surface area contributed by atoms with Crippen molar-refractivity contribution < 1.29 is 10.2 Å². The van der Waals surface area contributed by atoms with E-state index in [0.29, 0.717) is 0 Å². The molecular weight excluding hydrogens is 188 g/mol. The van der Waals surface area contributed by atoms with Crippen molar-refractivity contribution in [1.29, 1.82) is 0 Å². The van der Waals surface area contributed by atoms with Gasteiger partial charge in [0.15, 0.2) is 0 Å². The van der Waals surface area contributed by atoms with E-state index in [-0.39, 0.29) is 13.2 Å². The Morgan fingerprint density at radius 3 is 2.67 bits per heavy atom. The molecule has 2 heteroatoms. The van der Waals surface area contributed by atoms with Crippen LogP contribution in [0.1, 0.15) is 19.8 Å². The van der Waals surface area contributed by atoms with Crippen LogP contribution in [0.3, 0.4) is 0 Å². The molecule has 1 aliphatic carbocycles. The maximum Gasteiger partial charge on any atom is 0.0681 e. The normalized spacial score (nSPS) is 23.5. The number of rotatable bonds is 2. The molecule has 0 atom stereocenters. The lowest BCUT2D eigenvalue weighted by atomic mass is 10.1. The van der Waals surface area contributed by atoms with Crippen LogP contribution < -0.4 is 0 Å². The SMILES string of the molecule is CC1=C/C=C(/CO)CC/C=C/C(CO)=C1. The maximum absolute atomic E-state index is 9.08. The third kappa shape index (κ3) is 4.28. The van der Waals surface area contributed by atoms with Crippen molar-refractivity contribution >= 4 is 0 Å². The summed E-state index contributed by atoms with van der Waals surface area (Å²) in [6, 6.07) is 0. The second kappa shape index (κ2) is 6.38. The summed E-state index contributed by atoms with van der Waals surface area (Å²) in [4.78, 5) is 0. The largest absolute Gasteiger partial charge is 0.392 e. The van der Waals surface area contributed by atoms with Crippen molar-refractivity contribution in [2.24, 2.45) is 0 Å². The van der Waals surface area contributed by atoms with Crippen molar-refractivity contribution in [2.75, 3.05) is 13.2 Å². The van der Waals surface area contributed by atoms with Crippen LogP contribution in [0.5, 0.6) is 0 Å². The zero-order valence-electron chi connectivity index (χ0n) is 9.11. The van der Waals surface area contributed by atoms with Crippen molar-refractivity contribution in [3.63, 3.8) is 0 Å². The molecule has 0 radical (unpaired) electrons. The molecule has 0 saturated carbocycles. The highest BCUT2D eigenvalue weighted by Crippen LogP contribution is 2.11. The first-order valence-corrected chi connectivity index (χ1v) is 5.21. The zero-order chi connectivity index (χ0) is 11.1. The highest BCUT2D eigenvalue weighted by atomic mass is 16.3. The Morgan fingerprint density at radius 2 is 2.00 bits per heavy atom. The van der Waals surface area contributed by atoms with Gasteiger partial charge in [0.1, 0.15) is 0 Å². The molecule has 0 unspecified atom stereocenters. The molecular formula is C13H18O2. The Bertz CT molecular complexity index is 319. The third-order valence-corrected chi connectivity index (χ3v) is 2.34. The van der Waals surface area contributed by atoms with Gasteiger partial charge >= 0.3 is 0 Å². The average Bonchev–Trinajstić information content (AvgIpc) is 2.26. The van der Waals surface area contributed by atoms with Crippen molar-refractivity contribution in [3.8, 4) is 0 Å². The molecule has 1 aliphatic rings. The van der Waals surface area contributed by atoms with Gasteiger partial charge < -0.3 is 10.2 Å². The van der Waals surface area contributed by atoms with E-state index in [9.17, 15) is 0 Å². The quantitative estimate of drug-likeness (QED) is 0.726. The lowest BCUT2D eigenvalue weighted by Crippen LogP contribution is -1.92. The minimum Gasteiger partial charge on any atom is -0.392 e. The van der Waals surface area contributed by atoms with E-state index < -0.39 is 0 Å². The molecule has 0 bridgehead atoms.